The fourth-order valence-electron chi connectivity index (χ4n) is 1.52. The Hall–Kier alpha value is -2.49. The van der Waals surface area contributed by atoms with Crippen LogP contribution in [-0.4, -0.2) is 0 Å². The van der Waals surface area contributed by atoms with Crippen LogP contribution in [0.25, 0.3) is 0 Å². The van der Waals surface area contributed by atoms with Gasteiger partial charge in [-0.15, -0.1) is 0 Å². The molecule has 1 rings (SSSR count). The van der Waals surface area contributed by atoms with E-state index in [1.165, 1.54) is 0 Å². The van der Waals surface area contributed by atoms with Crippen molar-refractivity contribution in [3.63, 3.8) is 0 Å². The lowest BCUT2D eigenvalue weighted by molar-refractivity contribution is -0.143. The summed E-state index contributed by atoms with van der Waals surface area (Å²) < 4.78 is 89.2. The lowest BCUT2D eigenvalue weighted by Gasteiger charge is -2.18. The highest BCUT2D eigenvalue weighted by atomic mass is 19.4. The van der Waals surface area contributed by atoms with Crippen LogP contribution < -0.4 is 5.73 Å². The Morgan fingerprint density at radius 1 is 0.800 bits per heavy atom. The average molecular weight is 297 g/mol. The van der Waals surface area contributed by atoms with Crippen LogP contribution in [0.15, 0.2) is 0 Å². The van der Waals surface area contributed by atoms with Gasteiger partial charge in [-0.2, -0.15) is 36.9 Å². The molecule has 0 unspecified atom stereocenters. The number of hydrogen-bond donors (Lipinski definition) is 1. The van der Waals surface area contributed by atoms with Crippen molar-refractivity contribution in [2.24, 2.45) is 0 Å². The third-order valence-corrected chi connectivity index (χ3v) is 2.27. The minimum absolute atomic E-state index is 0.683. The maximum Gasteiger partial charge on any atom is 0.421 e. The summed E-state index contributed by atoms with van der Waals surface area (Å²) in [5, 5.41) is 17.0. The number of nitrogens with zero attached hydrogens (tertiary/aromatic N) is 2. The van der Waals surface area contributed by atoms with E-state index >= 15 is 0 Å². The molecule has 0 saturated heterocycles. The maximum atomic E-state index is 13.5. The average Bonchev–Trinajstić information content (AvgIpc) is 2.25. The van der Waals surface area contributed by atoms with Crippen molar-refractivity contribution in [2.75, 3.05) is 5.73 Å². The van der Waals surface area contributed by atoms with Crippen molar-refractivity contribution in [3.05, 3.63) is 28.1 Å². The van der Waals surface area contributed by atoms with Gasteiger partial charge in [-0.05, 0) is 0 Å². The van der Waals surface area contributed by atoms with E-state index < -0.39 is 46.1 Å². The molecule has 106 valence electrons. The zero-order chi connectivity index (χ0) is 15.9. The standard InChI is InChI=1S/C10H2F7N3/c11-7-3(1-18)5(9(12,13)14)4(2-19)8(20)6(7)10(15,16)17/h20H2. The van der Waals surface area contributed by atoms with Gasteiger partial charge in [0.2, 0.25) is 0 Å². The number of alkyl halides is 6. The lowest BCUT2D eigenvalue weighted by atomic mass is 9.94. The molecule has 0 amide bonds. The smallest absolute Gasteiger partial charge is 0.397 e. The Labute approximate surface area is 106 Å². The Bertz CT molecular complexity index is 602. The van der Waals surface area contributed by atoms with Crippen LogP contribution >= 0.6 is 0 Å². The summed E-state index contributed by atoms with van der Waals surface area (Å²) in [4.78, 5) is 0. The van der Waals surface area contributed by atoms with Crippen LogP contribution in [0.3, 0.4) is 0 Å². The first-order chi connectivity index (χ1) is 8.96. The molecule has 20 heavy (non-hydrogen) atoms. The number of rotatable bonds is 0. The molecule has 0 aromatic heterocycles. The van der Waals surface area contributed by atoms with Gasteiger partial charge in [0, 0.05) is 0 Å². The molecule has 1 aromatic rings. The maximum absolute atomic E-state index is 13.5. The summed E-state index contributed by atoms with van der Waals surface area (Å²) in [6, 6.07) is 1.51. The molecule has 3 nitrogen and oxygen atoms in total. The first-order valence-corrected chi connectivity index (χ1v) is 4.56. The number of benzene rings is 1. The van der Waals surface area contributed by atoms with E-state index in [0.717, 1.165) is 6.07 Å². The van der Waals surface area contributed by atoms with Gasteiger partial charge in [-0.3, -0.25) is 0 Å². The molecule has 0 heterocycles. The van der Waals surface area contributed by atoms with Crippen molar-refractivity contribution in [3.8, 4) is 12.1 Å². The van der Waals surface area contributed by atoms with Gasteiger partial charge in [-0.25, -0.2) is 4.39 Å². The van der Waals surface area contributed by atoms with Gasteiger partial charge >= 0.3 is 12.4 Å². The highest BCUT2D eigenvalue weighted by molar-refractivity contribution is 5.69. The van der Waals surface area contributed by atoms with Crippen molar-refractivity contribution in [2.45, 2.75) is 12.4 Å². The monoisotopic (exact) mass is 297 g/mol. The second kappa shape index (κ2) is 4.56. The molecule has 0 aliphatic carbocycles. The van der Waals surface area contributed by atoms with Gasteiger partial charge in [0.25, 0.3) is 0 Å². The Kier molecular flexibility index (Phi) is 3.55. The molecular weight excluding hydrogens is 295 g/mol. The molecule has 1 aromatic carbocycles. The molecule has 0 radical (unpaired) electrons. The van der Waals surface area contributed by atoms with Gasteiger partial charge in [0.05, 0.1) is 16.8 Å². The fourth-order valence-corrected chi connectivity index (χ4v) is 1.52. The second-order valence-electron chi connectivity index (χ2n) is 3.45. The largest absolute Gasteiger partial charge is 0.421 e. The van der Waals surface area contributed by atoms with Crippen molar-refractivity contribution in [1.29, 1.82) is 10.5 Å². The minimum atomic E-state index is -5.45. The van der Waals surface area contributed by atoms with Crippen molar-refractivity contribution in [1.82, 2.24) is 0 Å². The molecule has 2 N–H and O–H groups in total. The van der Waals surface area contributed by atoms with Crippen LogP contribution in [0.5, 0.6) is 0 Å². The SMILES string of the molecule is N#Cc1c(N)c(C(F)(F)F)c(F)c(C#N)c1C(F)(F)F. The predicted octanol–water partition coefficient (Wildman–Crippen LogP) is 3.19. The highest BCUT2D eigenvalue weighted by Gasteiger charge is 2.46. The molecular formula is C10H2F7N3. The molecule has 0 aliphatic heterocycles. The van der Waals surface area contributed by atoms with Crippen molar-refractivity contribution < 1.29 is 30.7 Å². The molecule has 0 aliphatic rings. The van der Waals surface area contributed by atoms with E-state index in [-0.39, 0.29) is 0 Å². The number of nitrogens with two attached hydrogens (primary N) is 1. The first kappa shape index (κ1) is 15.6. The Morgan fingerprint density at radius 3 is 1.50 bits per heavy atom. The summed E-state index contributed by atoms with van der Waals surface area (Å²) in [7, 11) is 0. The highest BCUT2D eigenvalue weighted by Crippen LogP contribution is 2.44. The zero-order valence-corrected chi connectivity index (χ0v) is 9.12. The number of nitriles is 2. The summed E-state index contributed by atoms with van der Waals surface area (Å²) in [5.41, 5.74) is -4.84. The lowest BCUT2D eigenvalue weighted by Crippen LogP contribution is -2.20. The van der Waals surface area contributed by atoms with E-state index in [9.17, 15) is 30.7 Å². The van der Waals surface area contributed by atoms with Gasteiger partial charge < -0.3 is 5.73 Å². The quantitative estimate of drug-likeness (QED) is 0.590. The predicted molar refractivity (Wildman–Crippen MR) is 50.2 cm³/mol. The van der Waals surface area contributed by atoms with Crippen LogP contribution in [0.2, 0.25) is 0 Å². The van der Waals surface area contributed by atoms with E-state index in [4.69, 9.17) is 16.3 Å². The van der Waals surface area contributed by atoms with Crippen molar-refractivity contribution >= 4 is 5.69 Å². The van der Waals surface area contributed by atoms with E-state index in [1.807, 2.05) is 0 Å². The fraction of sp³-hybridized carbons (Fsp3) is 0.200. The Balaban J connectivity index is 4.06. The minimum Gasteiger partial charge on any atom is -0.397 e. The van der Waals surface area contributed by atoms with Gasteiger partial charge in [0.1, 0.15) is 23.3 Å². The summed E-state index contributed by atoms with van der Waals surface area (Å²) in [5.74, 6) is -2.45. The summed E-state index contributed by atoms with van der Waals surface area (Å²) >= 11 is 0. The normalized spacial score (nSPS) is 11.8. The molecule has 0 fully saturated rings. The molecule has 10 heteroatoms. The zero-order valence-electron chi connectivity index (χ0n) is 9.12. The number of anilines is 1. The number of halogens is 7. The van der Waals surface area contributed by atoms with Crippen LogP contribution in [-0.2, 0) is 12.4 Å². The van der Waals surface area contributed by atoms with Crippen LogP contribution in [0, 0.1) is 28.5 Å². The van der Waals surface area contributed by atoms with Gasteiger partial charge in [-0.1, -0.05) is 0 Å². The number of nitrogen functional groups attached to an aromatic ring is 1. The summed E-state index contributed by atoms with van der Waals surface area (Å²) in [6.45, 7) is 0. The van der Waals surface area contributed by atoms with Crippen LogP contribution in [0.1, 0.15) is 22.3 Å². The molecule has 0 spiro atoms. The summed E-state index contributed by atoms with van der Waals surface area (Å²) in [6.07, 6.45) is -10.9. The third kappa shape index (κ3) is 2.32. The number of hydrogen-bond acceptors (Lipinski definition) is 3. The van der Waals surface area contributed by atoms with Gasteiger partial charge in [0.15, 0.2) is 5.82 Å². The first-order valence-electron chi connectivity index (χ1n) is 4.56. The molecule has 0 atom stereocenters. The molecule has 0 saturated carbocycles. The molecule has 0 bridgehead atoms. The van der Waals surface area contributed by atoms with Crippen LogP contribution in [0.4, 0.5) is 36.4 Å². The Morgan fingerprint density at radius 2 is 1.20 bits per heavy atom. The topological polar surface area (TPSA) is 73.6 Å². The second-order valence-corrected chi connectivity index (χ2v) is 3.45. The van der Waals surface area contributed by atoms with E-state index in [2.05, 4.69) is 0 Å². The van der Waals surface area contributed by atoms with E-state index in [1.54, 1.807) is 0 Å². The van der Waals surface area contributed by atoms with E-state index in [0.29, 0.717) is 6.07 Å². The third-order valence-electron chi connectivity index (χ3n) is 2.27.